The number of unbranched alkanes of at least 4 members (excludes halogenated alkanes) is 1. The quantitative estimate of drug-likeness (QED) is 0.581. The molecule has 20 heavy (non-hydrogen) atoms. The molecule has 0 heterocycles. The van der Waals surface area contributed by atoms with Gasteiger partial charge in [-0.25, -0.2) is 4.39 Å². The lowest BCUT2D eigenvalue weighted by Gasteiger charge is -2.28. The minimum atomic E-state index is 0.696. The summed E-state index contributed by atoms with van der Waals surface area (Å²) < 4.78 is 12.0. The summed E-state index contributed by atoms with van der Waals surface area (Å²) >= 11 is 0. The fourth-order valence-corrected chi connectivity index (χ4v) is 3.31. The normalized spacial score (nSPS) is 23.3. The van der Waals surface area contributed by atoms with Gasteiger partial charge in [0, 0.05) is 0 Å². The first-order valence-electron chi connectivity index (χ1n) is 8.17. The van der Waals surface area contributed by atoms with Crippen molar-refractivity contribution in [3.63, 3.8) is 0 Å². The summed E-state index contributed by atoms with van der Waals surface area (Å²) in [6.07, 6.45) is 12.1. The van der Waals surface area contributed by atoms with Crippen molar-refractivity contribution in [3.8, 4) is 0 Å². The van der Waals surface area contributed by atoms with Crippen LogP contribution in [0, 0.1) is 5.92 Å². The van der Waals surface area contributed by atoms with Gasteiger partial charge in [0.15, 0.2) is 0 Å². The van der Waals surface area contributed by atoms with Crippen molar-refractivity contribution in [2.75, 3.05) is 0 Å². The molecule has 2 rings (SSSR count). The predicted molar refractivity (Wildman–Crippen MR) is 84.6 cm³/mol. The van der Waals surface area contributed by atoms with E-state index in [0.29, 0.717) is 12.2 Å². The second-order valence-electron chi connectivity index (χ2n) is 6.16. The Labute approximate surface area is 123 Å². The molecule has 1 aromatic carbocycles. The fourth-order valence-electron chi connectivity index (χ4n) is 3.31. The Kier molecular flexibility index (Phi) is 6.29. The number of hydrogen-bond acceptors (Lipinski definition) is 0. The molecule has 0 aromatic heterocycles. The largest absolute Gasteiger partial charge is 0.216 e. The summed E-state index contributed by atoms with van der Waals surface area (Å²) in [6.45, 7) is 2.24. The summed E-state index contributed by atoms with van der Waals surface area (Å²) in [5, 5.41) is 0. The van der Waals surface area contributed by atoms with Crippen LogP contribution in [0.1, 0.15) is 68.9 Å². The van der Waals surface area contributed by atoms with Gasteiger partial charge in [0.05, 0.1) is 6.33 Å². The first-order valence-corrected chi connectivity index (χ1v) is 8.17. The van der Waals surface area contributed by atoms with E-state index >= 15 is 0 Å². The Hall–Kier alpha value is -1.11. The molecule has 1 saturated carbocycles. The summed E-state index contributed by atoms with van der Waals surface area (Å²) in [6, 6.07) is 9.28. The Bertz CT molecular complexity index is 396. The monoisotopic (exact) mass is 274 g/mol. The maximum atomic E-state index is 12.0. The average Bonchev–Trinajstić information content (AvgIpc) is 2.52. The van der Waals surface area contributed by atoms with E-state index in [0.717, 1.165) is 12.3 Å². The van der Waals surface area contributed by atoms with Crippen LogP contribution < -0.4 is 0 Å². The summed E-state index contributed by atoms with van der Waals surface area (Å²) in [4.78, 5) is 0. The zero-order valence-electron chi connectivity index (χ0n) is 12.7. The van der Waals surface area contributed by atoms with Gasteiger partial charge >= 0.3 is 0 Å². The van der Waals surface area contributed by atoms with E-state index in [4.69, 9.17) is 0 Å². The van der Waals surface area contributed by atoms with E-state index in [1.807, 2.05) is 0 Å². The number of rotatable bonds is 6. The minimum absolute atomic E-state index is 0.696. The maximum Gasteiger partial charge on any atom is 0.0827 e. The van der Waals surface area contributed by atoms with Gasteiger partial charge < -0.3 is 0 Å². The molecule has 0 spiro atoms. The molecule has 0 bridgehead atoms. The zero-order valence-corrected chi connectivity index (χ0v) is 12.7. The average molecular weight is 274 g/mol. The van der Waals surface area contributed by atoms with Gasteiger partial charge in [0.1, 0.15) is 0 Å². The van der Waals surface area contributed by atoms with Crippen LogP contribution >= 0.6 is 0 Å². The van der Waals surface area contributed by atoms with Gasteiger partial charge in [0.2, 0.25) is 0 Å². The van der Waals surface area contributed by atoms with Crippen LogP contribution in [-0.4, -0.2) is 0 Å². The molecule has 1 fully saturated rings. The van der Waals surface area contributed by atoms with E-state index in [1.54, 1.807) is 6.08 Å². The van der Waals surface area contributed by atoms with Crippen LogP contribution in [0.2, 0.25) is 0 Å². The summed E-state index contributed by atoms with van der Waals surface area (Å²) in [5.74, 6) is 1.42. The molecule has 1 aliphatic rings. The molecule has 1 aliphatic carbocycles. The molecular formula is C19H27F. The van der Waals surface area contributed by atoms with Crippen LogP contribution in [0.4, 0.5) is 4.39 Å². The highest BCUT2D eigenvalue weighted by Crippen LogP contribution is 2.37. The third kappa shape index (κ3) is 4.47. The third-order valence-electron chi connectivity index (χ3n) is 4.68. The van der Waals surface area contributed by atoms with Crippen LogP contribution in [0.15, 0.2) is 36.7 Å². The van der Waals surface area contributed by atoms with Crippen molar-refractivity contribution in [2.45, 2.75) is 64.2 Å². The third-order valence-corrected chi connectivity index (χ3v) is 4.68. The molecule has 110 valence electrons. The molecule has 0 atom stereocenters. The standard InChI is InChI=1S/C19H27F/c1-2-3-5-16-7-11-18(12-8-16)19-13-9-17(10-14-19)6-4-15-20/h4,7-8,11-12,15,17,19H,2-3,5-6,9-10,13-14H2,1H3/b15-4+. The molecule has 0 amide bonds. The lowest BCUT2D eigenvalue weighted by molar-refractivity contribution is 0.327. The first kappa shape index (κ1) is 15.3. The molecule has 1 heteroatoms. The van der Waals surface area contributed by atoms with Gasteiger partial charge in [0.25, 0.3) is 0 Å². The van der Waals surface area contributed by atoms with Gasteiger partial charge in [-0.1, -0.05) is 43.7 Å². The number of aryl methyl sites for hydroxylation is 1. The smallest absolute Gasteiger partial charge is 0.0827 e. The van der Waals surface area contributed by atoms with E-state index < -0.39 is 0 Å². The molecule has 1 aromatic rings. The first-order chi connectivity index (χ1) is 9.83. The topological polar surface area (TPSA) is 0 Å². The van der Waals surface area contributed by atoms with E-state index in [1.165, 1.54) is 56.1 Å². The summed E-state index contributed by atoms with van der Waals surface area (Å²) in [7, 11) is 0. The maximum absolute atomic E-state index is 12.0. The van der Waals surface area contributed by atoms with Crippen LogP contribution in [0.25, 0.3) is 0 Å². The SMILES string of the molecule is CCCCc1ccc(C2CCC(C/C=C/F)CC2)cc1. The predicted octanol–water partition coefficient (Wildman–Crippen LogP) is 6.18. The molecule has 0 radical (unpaired) electrons. The molecule has 0 N–H and O–H groups in total. The highest BCUT2D eigenvalue weighted by molar-refractivity contribution is 5.26. The highest BCUT2D eigenvalue weighted by atomic mass is 19.1. The van der Waals surface area contributed by atoms with Crippen molar-refractivity contribution < 1.29 is 4.39 Å². The minimum Gasteiger partial charge on any atom is -0.216 e. The fraction of sp³-hybridized carbons (Fsp3) is 0.579. The van der Waals surface area contributed by atoms with Crippen LogP contribution in [-0.2, 0) is 6.42 Å². The van der Waals surface area contributed by atoms with Gasteiger partial charge in [-0.2, -0.15) is 0 Å². The zero-order chi connectivity index (χ0) is 14.2. The number of benzene rings is 1. The van der Waals surface area contributed by atoms with Crippen molar-refractivity contribution >= 4 is 0 Å². The van der Waals surface area contributed by atoms with Gasteiger partial charge in [-0.05, 0) is 67.9 Å². The van der Waals surface area contributed by atoms with E-state index in [-0.39, 0.29) is 0 Å². The number of halogens is 1. The Morgan fingerprint density at radius 3 is 2.40 bits per heavy atom. The van der Waals surface area contributed by atoms with Crippen molar-refractivity contribution in [1.82, 2.24) is 0 Å². The Morgan fingerprint density at radius 2 is 1.80 bits per heavy atom. The van der Waals surface area contributed by atoms with E-state index in [2.05, 4.69) is 31.2 Å². The Morgan fingerprint density at radius 1 is 1.10 bits per heavy atom. The molecule has 0 saturated heterocycles. The highest BCUT2D eigenvalue weighted by Gasteiger charge is 2.21. The van der Waals surface area contributed by atoms with Gasteiger partial charge in [-0.15, -0.1) is 0 Å². The van der Waals surface area contributed by atoms with Crippen LogP contribution in [0.5, 0.6) is 0 Å². The van der Waals surface area contributed by atoms with Crippen molar-refractivity contribution in [2.24, 2.45) is 5.92 Å². The second kappa shape index (κ2) is 8.24. The Balaban J connectivity index is 1.84. The van der Waals surface area contributed by atoms with Crippen LogP contribution in [0.3, 0.4) is 0 Å². The number of allylic oxidation sites excluding steroid dienone is 1. The van der Waals surface area contributed by atoms with Crippen molar-refractivity contribution in [3.05, 3.63) is 47.8 Å². The lowest BCUT2D eigenvalue weighted by Crippen LogP contribution is -2.12. The second-order valence-corrected chi connectivity index (χ2v) is 6.16. The molecular weight excluding hydrogens is 247 g/mol. The van der Waals surface area contributed by atoms with Gasteiger partial charge in [-0.3, -0.25) is 0 Å². The molecule has 0 unspecified atom stereocenters. The lowest BCUT2D eigenvalue weighted by atomic mass is 9.77. The van der Waals surface area contributed by atoms with E-state index in [9.17, 15) is 4.39 Å². The summed E-state index contributed by atoms with van der Waals surface area (Å²) in [5.41, 5.74) is 2.97. The molecule has 0 nitrogen and oxygen atoms in total. The van der Waals surface area contributed by atoms with Crippen molar-refractivity contribution in [1.29, 1.82) is 0 Å². The molecule has 0 aliphatic heterocycles. The number of hydrogen-bond donors (Lipinski definition) is 0.